The fourth-order valence-corrected chi connectivity index (χ4v) is 5.03. The molecule has 1 N–H and O–H groups in total. The molecule has 0 unspecified atom stereocenters. The van der Waals surface area contributed by atoms with Crippen LogP contribution in [0.25, 0.3) is 11.4 Å². The highest BCUT2D eigenvalue weighted by Crippen LogP contribution is 2.38. The molecule has 0 saturated carbocycles. The van der Waals surface area contributed by atoms with Crippen LogP contribution in [-0.4, -0.2) is 60.5 Å². The maximum Gasteiger partial charge on any atom is 0.417 e. The molecule has 0 bridgehead atoms. The molecule has 194 valence electrons. The number of nitrogens with zero attached hydrogens (tertiary/aromatic N) is 5. The fraction of sp³-hybridized carbons (Fsp3) is 0.458. The molecule has 1 aromatic carbocycles. The van der Waals surface area contributed by atoms with Crippen molar-refractivity contribution in [2.75, 3.05) is 48.9 Å². The van der Waals surface area contributed by atoms with Gasteiger partial charge in [-0.2, -0.15) is 13.2 Å². The summed E-state index contributed by atoms with van der Waals surface area (Å²) in [4.78, 5) is 25.9. The minimum absolute atomic E-state index is 0.0436. The Balaban J connectivity index is 1.71. The molecule has 3 aromatic rings. The molecule has 3 heterocycles. The molecule has 0 aliphatic carbocycles. The van der Waals surface area contributed by atoms with E-state index < -0.39 is 17.3 Å². The predicted molar refractivity (Wildman–Crippen MR) is 136 cm³/mol. The van der Waals surface area contributed by atoms with Gasteiger partial charge in [0.2, 0.25) is 0 Å². The molecule has 4 rings (SSSR count). The number of rotatable bonds is 7. The van der Waals surface area contributed by atoms with Crippen molar-refractivity contribution in [1.82, 2.24) is 14.5 Å². The monoisotopic (exact) mass is 522 g/mol. The zero-order valence-electron chi connectivity index (χ0n) is 20.8. The van der Waals surface area contributed by atoms with Gasteiger partial charge in [-0.05, 0) is 32.0 Å². The van der Waals surface area contributed by atoms with Gasteiger partial charge in [0.1, 0.15) is 11.5 Å². The summed E-state index contributed by atoms with van der Waals surface area (Å²) >= 11 is 1.52. The van der Waals surface area contributed by atoms with Crippen molar-refractivity contribution in [3.63, 3.8) is 0 Å². The number of halogens is 3. The normalized spacial score (nSPS) is 18.1. The van der Waals surface area contributed by atoms with E-state index in [9.17, 15) is 18.0 Å². The van der Waals surface area contributed by atoms with Crippen LogP contribution < -0.4 is 20.7 Å². The maximum atomic E-state index is 14.0. The average molecular weight is 523 g/mol. The number of aryl methyl sites for hydroxylation is 1. The molecular formula is C24H29F3N6O2S. The Morgan fingerprint density at radius 2 is 2.03 bits per heavy atom. The van der Waals surface area contributed by atoms with Gasteiger partial charge < -0.3 is 19.9 Å². The molecule has 12 heteroatoms. The number of thiazole rings is 1. The van der Waals surface area contributed by atoms with E-state index in [1.54, 1.807) is 38.2 Å². The van der Waals surface area contributed by atoms with Gasteiger partial charge in [-0.25, -0.2) is 9.97 Å². The average Bonchev–Trinajstić information content (AvgIpc) is 3.49. The number of anilines is 3. The van der Waals surface area contributed by atoms with E-state index in [4.69, 9.17) is 4.74 Å². The summed E-state index contributed by atoms with van der Waals surface area (Å²) in [7, 11) is 4.77. The first-order chi connectivity index (χ1) is 17.0. The Hall–Kier alpha value is -3.12. The van der Waals surface area contributed by atoms with Crippen molar-refractivity contribution in [1.29, 1.82) is 0 Å². The first-order valence-corrected chi connectivity index (χ1v) is 12.4. The van der Waals surface area contributed by atoms with Crippen LogP contribution in [0.4, 0.5) is 29.7 Å². The lowest BCUT2D eigenvalue weighted by Crippen LogP contribution is -2.38. The van der Waals surface area contributed by atoms with Crippen molar-refractivity contribution < 1.29 is 17.9 Å². The molecule has 2 atom stereocenters. The number of hydrogen-bond donors (Lipinski definition) is 1. The Labute approximate surface area is 211 Å². The molecule has 0 spiro atoms. The van der Waals surface area contributed by atoms with E-state index >= 15 is 0 Å². The zero-order chi connectivity index (χ0) is 26.2. The van der Waals surface area contributed by atoms with Gasteiger partial charge in [0.25, 0.3) is 5.56 Å². The predicted octanol–water partition coefficient (Wildman–Crippen LogP) is 4.00. The smallest absolute Gasteiger partial charge is 0.378 e. The minimum Gasteiger partial charge on any atom is -0.378 e. The molecule has 0 amide bonds. The molecule has 8 nitrogen and oxygen atoms in total. The van der Waals surface area contributed by atoms with Gasteiger partial charge in [0, 0.05) is 63.7 Å². The number of ether oxygens (including phenoxy) is 1. The van der Waals surface area contributed by atoms with Crippen molar-refractivity contribution in [3.8, 4) is 11.4 Å². The summed E-state index contributed by atoms with van der Waals surface area (Å²) in [5.41, 5.74) is -0.478. The first kappa shape index (κ1) is 26.0. The van der Waals surface area contributed by atoms with Gasteiger partial charge in [0.05, 0.1) is 23.4 Å². The van der Waals surface area contributed by atoms with Crippen molar-refractivity contribution >= 4 is 27.8 Å². The molecule has 1 aliphatic rings. The van der Waals surface area contributed by atoms with Crippen molar-refractivity contribution in [2.45, 2.75) is 32.2 Å². The molecule has 1 saturated heterocycles. The Morgan fingerprint density at radius 3 is 2.64 bits per heavy atom. The highest BCUT2D eigenvalue weighted by atomic mass is 32.1. The van der Waals surface area contributed by atoms with Gasteiger partial charge in [-0.15, -0.1) is 11.3 Å². The third-order valence-electron chi connectivity index (χ3n) is 6.20. The standard InChI is InChI=1S/C24H29F3N6O2S/c1-6-35-19-13-33(23-28-9-10-36-23)12-18(19)30-20-14(2)29-21(32(5)22(20)34)16-8-7-15(31(3)4)11-17(16)24(25,26)27/h7-11,18-19,30H,6,12-13H2,1-5H3/t18-,19-/m1/s1. The quantitative estimate of drug-likeness (QED) is 0.503. The molecule has 0 radical (unpaired) electrons. The fourth-order valence-electron chi connectivity index (χ4n) is 4.36. The Morgan fingerprint density at radius 1 is 1.28 bits per heavy atom. The lowest BCUT2D eigenvalue weighted by molar-refractivity contribution is -0.137. The highest BCUT2D eigenvalue weighted by molar-refractivity contribution is 7.13. The third kappa shape index (κ3) is 5.05. The van der Waals surface area contributed by atoms with Gasteiger partial charge in [0.15, 0.2) is 5.13 Å². The summed E-state index contributed by atoms with van der Waals surface area (Å²) < 4.78 is 49.0. The topological polar surface area (TPSA) is 75.5 Å². The Bertz CT molecular complexity index is 1280. The van der Waals surface area contributed by atoms with Crippen LogP contribution in [0.15, 0.2) is 34.6 Å². The van der Waals surface area contributed by atoms with Crippen molar-refractivity contribution in [2.24, 2.45) is 7.05 Å². The van der Waals surface area contributed by atoms with Crippen LogP contribution in [-0.2, 0) is 18.0 Å². The van der Waals surface area contributed by atoms with Gasteiger partial charge >= 0.3 is 6.18 Å². The summed E-state index contributed by atoms with van der Waals surface area (Å²) in [6, 6.07) is 3.79. The molecule has 36 heavy (non-hydrogen) atoms. The first-order valence-electron chi connectivity index (χ1n) is 11.5. The minimum atomic E-state index is -4.61. The number of alkyl halides is 3. The maximum absolute atomic E-state index is 14.0. The van der Waals surface area contributed by atoms with Crippen LogP contribution in [0, 0.1) is 6.92 Å². The molecule has 1 fully saturated rings. The number of aromatic nitrogens is 3. The Kier molecular flexibility index (Phi) is 7.28. The van der Waals surface area contributed by atoms with Crippen LogP contribution in [0.2, 0.25) is 0 Å². The second kappa shape index (κ2) is 10.1. The van der Waals surface area contributed by atoms with Crippen LogP contribution in [0.1, 0.15) is 18.2 Å². The number of hydrogen-bond acceptors (Lipinski definition) is 8. The van der Waals surface area contributed by atoms with Crippen molar-refractivity contribution in [3.05, 3.63) is 51.4 Å². The summed E-state index contributed by atoms with van der Waals surface area (Å²) in [5.74, 6) is -0.0436. The lowest BCUT2D eigenvalue weighted by atomic mass is 10.0. The summed E-state index contributed by atoms with van der Waals surface area (Å²) in [6.07, 6.45) is -3.07. The lowest BCUT2D eigenvalue weighted by Gasteiger charge is -2.23. The van der Waals surface area contributed by atoms with Crippen LogP contribution in [0.3, 0.4) is 0 Å². The van der Waals surface area contributed by atoms with Crippen LogP contribution in [0.5, 0.6) is 0 Å². The third-order valence-corrected chi connectivity index (χ3v) is 7.04. The molecular weight excluding hydrogens is 493 g/mol. The SMILES string of the molecule is CCO[C@@H]1CN(c2nccs2)C[C@H]1Nc1c(C)nc(-c2ccc(N(C)C)cc2C(F)(F)F)n(C)c1=O. The van der Waals surface area contributed by atoms with Gasteiger partial charge in [-0.1, -0.05) is 0 Å². The van der Waals surface area contributed by atoms with Crippen LogP contribution >= 0.6 is 11.3 Å². The van der Waals surface area contributed by atoms with E-state index in [0.717, 1.165) is 11.2 Å². The highest BCUT2D eigenvalue weighted by Gasteiger charge is 2.37. The number of benzene rings is 1. The zero-order valence-corrected chi connectivity index (χ0v) is 21.6. The second-order valence-corrected chi connectivity index (χ2v) is 9.72. The van der Waals surface area contributed by atoms with E-state index in [0.29, 0.717) is 31.1 Å². The molecule has 2 aromatic heterocycles. The summed E-state index contributed by atoms with van der Waals surface area (Å²) in [6.45, 7) is 5.21. The van der Waals surface area contributed by atoms with E-state index in [1.165, 1.54) is 29.0 Å². The van der Waals surface area contributed by atoms with E-state index in [2.05, 4.69) is 20.2 Å². The number of nitrogens with one attached hydrogen (secondary N) is 1. The molecule has 1 aliphatic heterocycles. The summed E-state index contributed by atoms with van der Waals surface area (Å²) in [5, 5.41) is 6.04. The second-order valence-electron chi connectivity index (χ2n) is 8.85. The van der Waals surface area contributed by atoms with Gasteiger partial charge in [-0.3, -0.25) is 9.36 Å². The van der Waals surface area contributed by atoms with E-state index in [1.807, 2.05) is 12.3 Å². The largest absolute Gasteiger partial charge is 0.417 e. The van der Waals surface area contributed by atoms with E-state index in [-0.39, 0.29) is 29.2 Å².